The summed E-state index contributed by atoms with van der Waals surface area (Å²) in [5.41, 5.74) is -0.172. The van der Waals surface area contributed by atoms with E-state index in [1.54, 1.807) is 5.01 Å². The quantitative estimate of drug-likeness (QED) is 0.631. The summed E-state index contributed by atoms with van der Waals surface area (Å²) >= 11 is 0. The van der Waals surface area contributed by atoms with Gasteiger partial charge in [0.05, 0.1) is 6.10 Å². The SMILES string of the molecule is CN(C)/N=C/[C@]1(C)CC[C@H]2[C@H]3OC(C)(C)O[C@H]3O[C@@H]2[C@@H]1CO. The molecule has 6 atom stereocenters. The lowest BCUT2D eigenvalue weighted by Gasteiger charge is -2.44. The van der Waals surface area contributed by atoms with Gasteiger partial charge < -0.3 is 24.3 Å². The van der Waals surface area contributed by atoms with Crippen LogP contribution in [0.3, 0.4) is 0 Å². The molecule has 0 unspecified atom stereocenters. The van der Waals surface area contributed by atoms with Gasteiger partial charge in [0.2, 0.25) is 0 Å². The van der Waals surface area contributed by atoms with Crippen LogP contribution in [0.4, 0.5) is 0 Å². The number of hydrogen-bond donors (Lipinski definition) is 1. The lowest BCUT2D eigenvalue weighted by molar-refractivity contribution is -0.225. The lowest BCUT2D eigenvalue weighted by Crippen LogP contribution is -2.49. The van der Waals surface area contributed by atoms with Crippen LogP contribution in [0.15, 0.2) is 5.10 Å². The highest BCUT2D eigenvalue weighted by Crippen LogP contribution is 2.52. The molecule has 0 spiro atoms. The molecule has 3 fully saturated rings. The van der Waals surface area contributed by atoms with E-state index in [1.165, 1.54) is 0 Å². The fraction of sp³-hybridized carbons (Fsp3) is 0.938. The Kier molecular flexibility index (Phi) is 4.00. The van der Waals surface area contributed by atoms with Crippen LogP contribution in [-0.4, -0.2) is 61.3 Å². The molecular weight excluding hydrogens is 284 g/mol. The topological polar surface area (TPSA) is 63.5 Å². The highest BCUT2D eigenvalue weighted by Gasteiger charge is 2.60. The molecule has 0 amide bonds. The van der Waals surface area contributed by atoms with Crippen LogP contribution in [0, 0.1) is 17.3 Å². The monoisotopic (exact) mass is 312 g/mol. The molecule has 6 nitrogen and oxygen atoms in total. The van der Waals surface area contributed by atoms with E-state index in [0.717, 1.165) is 12.8 Å². The normalized spacial score (nSPS) is 46.7. The second-order valence-electron chi connectivity index (χ2n) is 7.66. The van der Waals surface area contributed by atoms with Gasteiger partial charge in [-0.25, -0.2) is 0 Å². The maximum Gasteiger partial charge on any atom is 0.187 e. The standard InChI is InChI=1S/C16H28N2O4/c1-15(2)21-13-10-6-7-16(3,9-17-18(4)5)11(8-19)12(10)20-14(13)22-15/h9-14,19H,6-8H2,1-5H3/b17-9+/t10-,11+,12+,13-,14-,16+/m1/s1. The number of hydrogen-bond acceptors (Lipinski definition) is 6. The van der Waals surface area contributed by atoms with Gasteiger partial charge in [-0.1, -0.05) is 6.92 Å². The fourth-order valence-corrected chi connectivity index (χ4v) is 4.08. The lowest BCUT2D eigenvalue weighted by atomic mass is 9.63. The van der Waals surface area contributed by atoms with E-state index in [1.807, 2.05) is 34.2 Å². The Morgan fingerprint density at radius 3 is 2.59 bits per heavy atom. The Morgan fingerprint density at radius 2 is 1.95 bits per heavy atom. The third-order valence-corrected chi connectivity index (χ3v) is 5.26. The number of hydrazone groups is 1. The molecule has 1 N–H and O–H groups in total. The molecule has 2 heterocycles. The zero-order valence-corrected chi connectivity index (χ0v) is 14.2. The van der Waals surface area contributed by atoms with Crippen molar-refractivity contribution in [2.45, 2.75) is 57.9 Å². The zero-order valence-electron chi connectivity index (χ0n) is 14.2. The number of ether oxygens (including phenoxy) is 3. The Bertz CT molecular complexity index is 453. The first-order valence-corrected chi connectivity index (χ1v) is 8.10. The Hall–Kier alpha value is -0.690. The summed E-state index contributed by atoms with van der Waals surface area (Å²) in [4.78, 5) is 0. The number of aliphatic hydroxyl groups is 1. The van der Waals surface area contributed by atoms with Gasteiger partial charge in [-0.2, -0.15) is 5.10 Å². The maximum absolute atomic E-state index is 9.97. The van der Waals surface area contributed by atoms with Crippen molar-refractivity contribution >= 4 is 6.21 Å². The first-order valence-electron chi connectivity index (χ1n) is 8.10. The number of nitrogens with zero attached hydrogens (tertiary/aromatic N) is 2. The molecule has 2 saturated heterocycles. The number of rotatable bonds is 3. The minimum atomic E-state index is -0.581. The summed E-state index contributed by atoms with van der Waals surface area (Å²) in [6.45, 7) is 6.08. The predicted molar refractivity (Wildman–Crippen MR) is 82.3 cm³/mol. The van der Waals surface area contributed by atoms with Gasteiger partial charge >= 0.3 is 0 Å². The molecule has 3 aliphatic rings. The molecule has 3 rings (SSSR count). The summed E-state index contributed by atoms with van der Waals surface area (Å²) in [6, 6.07) is 0. The molecule has 0 bridgehead atoms. The van der Waals surface area contributed by atoms with Gasteiger partial charge in [0.25, 0.3) is 0 Å². The van der Waals surface area contributed by atoms with Gasteiger partial charge in [-0.15, -0.1) is 0 Å². The average molecular weight is 312 g/mol. The van der Waals surface area contributed by atoms with Crippen molar-refractivity contribution in [2.75, 3.05) is 20.7 Å². The second kappa shape index (κ2) is 5.44. The van der Waals surface area contributed by atoms with E-state index in [4.69, 9.17) is 14.2 Å². The molecule has 22 heavy (non-hydrogen) atoms. The van der Waals surface area contributed by atoms with E-state index in [-0.39, 0.29) is 42.4 Å². The number of fused-ring (bicyclic) bond motifs is 3. The van der Waals surface area contributed by atoms with Crippen LogP contribution in [0.5, 0.6) is 0 Å². The predicted octanol–water partition coefficient (Wildman–Crippen LogP) is 1.43. The van der Waals surface area contributed by atoms with Crippen molar-refractivity contribution in [2.24, 2.45) is 22.4 Å². The third kappa shape index (κ3) is 2.66. The van der Waals surface area contributed by atoms with E-state index >= 15 is 0 Å². The number of aliphatic hydroxyl groups excluding tert-OH is 1. The Morgan fingerprint density at radius 1 is 1.23 bits per heavy atom. The zero-order chi connectivity index (χ0) is 16.1. The van der Waals surface area contributed by atoms with Gasteiger partial charge in [0.1, 0.15) is 6.10 Å². The minimum Gasteiger partial charge on any atom is -0.396 e. The molecule has 1 saturated carbocycles. The molecule has 0 aromatic heterocycles. The highest BCUT2D eigenvalue weighted by atomic mass is 16.8. The van der Waals surface area contributed by atoms with Crippen molar-refractivity contribution in [3.8, 4) is 0 Å². The molecular formula is C16H28N2O4. The van der Waals surface area contributed by atoms with Crippen LogP contribution in [0.1, 0.15) is 33.6 Å². The van der Waals surface area contributed by atoms with E-state index in [9.17, 15) is 5.11 Å². The molecule has 2 aliphatic heterocycles. The van der Waals surface area contributed by atoms with Crippen molar-refractivity contribution in [3.05, 3.63) is 0 Å². The second-order valence-corrected chi connectivity index (χ2v) is 7.66. The summed E-state index contributed by atoms with van der Waals surface area (Å²) < 4.78 is 18.0. The van der Waals surface area contributed by atoms with Crippen molar-refractivity contribution in [1.29, 1.82) is 0 Å². The van der Waals surface area contributed by atoms with E-state index in [2.05, 4.69) is 12.0 Å². The van der Waals surface area contributed by atoms with Crippen LogP contribution in [0.2, 0.25) is 0 Å². The van der Waals surface area contributed by atoms with Crippen LogP contribution in [-0.2, 0) is 14.2 Å². The van der Waals surface area contributed by atoms with Crippen molar-refractivity contribution in [3.63, 3.8) is 0 Å². The Labute approximate surface area is 132 Å². The van der Waals surface area contributed by atoms with E-state index < -0.39 is 5.79 Å². The average Bonchev–Trinajstić information content (AvgIpc) is 2.88. The molecule has 0 radical (unpaired) electrons. The Balaban J connectivity index is 1.79. The van der Waals surface area contributed by atoms with Crippen molar-refractivity contribution in [1.82, 2.24) is 5.01 Å². The molecule has 6 heteroatoms. The molecule has 0 aromatic carbocycles. The first-order chi connectivity index (χ1) is 10.3. The fourth-order valence-electron chi connectivity index (χ4n) is 4.08. The van der Waals surface area contributed by atoms with Gasteiger partial charge in [-0.05, 0) is 26.7 Å². The van der Waals surface area contributed by atoms with Crippen LogP contribution in [0.25, 0.3) is 0 Å². The smallest absolute Gasteiger partial charge is 0.187 e. The molecule has 126 valence electrons. The minimum absolute atomic E-state index is 0.0101. The van der Waals surface area contributed by atoms with Crippen LogP contribution >= 0.6 is 0 Å². The summed E-state index contributed by atoms with van der Waals surface area (Å²) in [7, 11) is 3.80. The third-order valence-electron chi connectivity index (χ3n) is 5.26. The van der Waals surface area contributed by atoms with Crippen LogP contribution < -0.4 is 0 Å². The highest BCUT2D eigenvalue weighted by molar-refractivity contribution is 5.66. The van der Waals surface area contributed by atoms with Gasteiger partial charge in [-0.3, -0.25) is 0 Å². The first kappa shape index (κ1) is 16.2. The van der Waals surface area contributed by atoms with E-state index in [0.29, 0.717) is 0 Å². The maximum atomic E-state index is 9.97. The summed E-state index contributed by atoms with van der Waals surface area (Å²) in [5.74, 6) is -0.289. The summed E-state index contributed by atoms with van der Waals surface area (Å²) in [5, 5.41) is 16.2. The molecule has 1 aliphatic carbocycles. The molecule has 0 aromatic rings. The van der Waals surface area contributed by atoms with Gasteiger partial charge in [0, 0.05) is 44.2 Å². The summed E-state index contributed by atoms with van der Waals surface area (Å²) in [6.07, 6.45) is 3.55. The van der Waals surface area contributed by atoms with Gasteiger partial charge in [0.15, 0.2) is 12.1 Å². The van der Waals surface area contributed by atoms with Crippen molar-refractivity contribution < 1.29 is 19.3 Å². The largest absolute Gasteiger partial charge is 0.396 e.